The average molecular weight is 555 g/mol. The molecule has 196 valence electrons. The molecular weight excluding hydrogens is 533 g/mol. The van der Waals surface area contributed by atoms with Crippen LogP contribution in [0.3, 0.4) is 0 Å². The molecule has 0 bridgehead atoms. The highest BCUT2D eigenvalue weighted by Gasteiger charge is 2.44. The van der Waals surface area contributed by atoms with E-state index in [4.69, 9.17) is 20.9 Å². The van der Waals surface area contributed by atoms with Gasteiger partial charge in [-0.15, -0.1) is 11.3 Å². The Bertz CT molecular complexity index is 1420. The number of hydrogen-bond acceptors (Lipinski definition) is 7. The van der Waals surface area contributed by atoms with Gasteiger partial charge in [0.2, 0.25) is 15.9 Å². The summed E-state index contributed by atoms with van der Waals surface area (Å²) in [7, 11) is -3.78. The van der Waals surface area contributed by atoms with Gasteiger partial charge in [0.15, 0.2) is 0 Å². The lowest BCUT2D eigenvalue weighted by Gasteiger charge is -2.07. The Morgan fingerprint density at radius 2 is 1.78 bits per heavy atom. The van der Waals surface area contributed by atoms with Crippen molar-refractivity contribution >= 4 is 45.1 Å². The van der Waals surface area contributed by atoms with Crippen LogP contribution in [-0.2, 0) is 19.6 Å². The van der Waals surface area contributed by atoms with Gasteiger partial charge in [0, 0.05) is 17.2 Å². The fraction of sp³-hybridized carbons (Fsp3) is 0.174. The normalized spacial score (nSPS) is 17.1. The number of carbonyl (C=O) groups is 2. The topological polar surface area (TPSA) is 165 Å². The first kappa shape index (κ1) is 27.8. The largest absolute Gasteiger partial charge is 0.490 e. The van der Waals surface area contributed by atoms with Crippen LogP contribution in [0.1, 0.15) is 23.5 Å². The van der Waals surface area contributed by atoms with Crippen LogP contribution in [0.25, 0.3) is 11.1 Å². The third kappa shape index (κ3) is 7.38. The fourth-order valence-electron chi connectivity index (χ4n) is 3.51. The number of hydrogen-bond donors (Lipinski definition) is 4. The minimum Gasteiger partial charge on any atom is -0.475 e. The molecule has 1 aliphatic rings. The number of carboxylic acid groups (broad SMARTS) is 1. The Balaban J connectivity index is 0.000000479. The maximum Gasteiger partial charge on any atom is 0.490 e. The van der Waals surface area contributed by atoms with Crippen LogP contribution in [0.4, 0.5) is 18.9 Å². The van der Waals surface area contributed by atoms with Gasteiger partial charge in [-0.3, -0.25) is 4.79 Å². The molecule has 1 aromatic heterocycles. The summed E-state index contributed by atoms with van der Waals surface area (Å²) in [5, 5.41) is 20.6. The number of halogens is 3. The van der Waals surface area contributed by atoms with Gasteiger partial charge in [0.05, 0.1) is 6.21 Å². The number of sulfonamides is 1. The van der Waals surface area contributed by atoms with Crippen molar-refractivity contribution in [2.45, 2.75) is 22.7 Å². The van der Waals surface area contributed by atoms with Gasteiger partial charge in [-0.25, -0.2) is 18.4 Å². The van der Waals surface area contributed by atoms with E-state index in [0.29, 0.717) is 11.3 Å². The molecule has 1 amide bonds. The summed E-state index contributed by atoms with van der Waals surface area (Å²) in [5.41, 5.74) is 3.94. The summed E-state index contributed by atoms with van der Waals surface area (Å²) in [5.74, 6) is 2.51. The van der Waals surface area contributed by atoms with E-state index in [1.807, 2.05) is 24.3 Å². The van der Waals surface area contributed by atoms with Crippen molar-refractivity contribution in [2.24, 2.45) is 22.0 Å². The van der Waals surface area contributed by atoms with Gasteiger partial charge in [-0.05, 0) is 58.7 Å². The van der Waals surface area contributed by atoms with Gasteiger partial charge >= 0.3 is 12.1 Å². The van der Waals surface area contributed by atoms with Gasteiger partial charge < -0.3 is 16.3 Å². The maximum absolute atomic E-state index is 12.6. The first-order chi connectivity index (χ1) is 17.3. The van der Waals surface area contributed by atoms with Crippen molar-refractivity contribution in [1.82, 2.24) is 0 Å². The number of rotatable bonds is 6. The predicted molar refractivity (Wildman–Crippen MR) is 133 cm³/mol. The van der Waals surface area contributed by atoms with Crippen LogP contribution < -0.4 is 16.3 Å². The highest BCUT2D eigenvalue weighted by molar-refractivity contribution is 7.91. The van der Waals surface area contributed by atoms with E-state index in [1.54, 1.807) is 41.9 Å². The number of alkyl halides is 3. The van der Waals surface area contributed by atoms with E-state index < -0.39 is 22.2 Å². The third-order valence-corrected chi connectivity index (χ3v) is 7.71. The molecule has 1 aliphatic carbocycles. The molecule has 1 saturated carbocycles. The number of hydrazone groups is 1. The second kappa shape index (κ2) is 11.1. The molecule has 3 aromatic rings. The Hall–Kier alpha value is -3.75. The van der Waals surface area contributed by atoms with Gasteiger partial charge in [-0.2, -0.15) is 18.3 Å². The summed E-state index contributed by atoms with van der Waals surface area (Å²) in [6.45, 7) is 0. The first-order valence-electron chi connectivity index (χ1n) is 10.5. The number of primary sulfonamides is 1. The molecule has 2 atom stereocenters. The quantitative estimate of drug-likeness (QED) is 0.206. The molecule has 1 fully saturated rings. The molecule has 6 N–H and O–H groups in total. The monoisotopic (exact) mass is 554 g/mol. The zero-order chi connectivity index (χ0) is 27.4. The lowest BCUT2D eigenvalue weighted by molar-refractivity contribution is -0.192. The fourth-order valence-corrected chi connectivity index (χ4v) is 5.34. The SMILES string of the molecule is NN=Cc1cccc([C@H]2C[C@H]2C(=O)Nc2ccc(-c3ccsc3S(N)(=O)=O)cc2)c1.O=C(O)C(F)(F)F. The minimum atomic E-state index is -5.08. The Morgan fingerprint density at radius 1 is 1.14 bits per heavy atom. The molecule has 0 aliphatic heterocycles. The van der Waals surface area contributed by atoms with E-state index in [-0.39, 0.29) is 22.0 Å². The van der Waals surface area contributed by atoms with Crippen LogP contribution in [-0.4, -0.2) is 37.8 Å². The number of nitrogens with two attached hydrogens (primary N) is 2. The van der Waals surface area contributed by atoms with Crippen LogP contribution >= 0.6 is 11.3 Å². The van der Waals surface area contributed by atoms with E-state index in [9.17, 15) is 26.4 Å². The average Bonchev–Trinajstić information content (AvgIpc) is 3.46. The van der Waals surface area contributed by atoms with Crippen LogP contribution in [0.5, 0.6) is 0 Å². The van der Waals surface area contributed by atoms with Crippen molar-refractivity contribution in [2.75, 3.05) is 5.32 Å². The van der Waals surface area contributed by atoms with Crippen LogP contribution in [0.15, 0.2) is 69.3 Å². The zero-order valence-electron chi connectivity index (χ0n) is 18.8. The number of amides is 1. The second-order valence-corrected chi connectivity index (χ2v) is 10.6. The Morgan fingerprint density at radius 3 is 2.35 bits per heavy atom. The minimum absolute atomic E-state index is 0.0357. The van der Waals surface area contributed by atoms with Crippen LogP contribution in [0.2, 0.25) is 0 Å². The highest BCUT2D eigenvalue weighted by Crippen LogP contribution is 2.48. The number of anilines is 1. The number of nitrogens with one attached hydrogen (secondary N) is 1. The number of carbonyl (C=O) groups excluding carboxylic acids is 1. The molecule has 0 spiro atoms. The third-order valence-electron chi connectivity index (χ3n) is 5.28. The Labute approximate surface area is 213 Å². The number of thiophene rings is 1. The summed E-state index contributed by atoms with van der Waals surface area (Å²) in [6.07, 6.45) is -2.71. The molecule has 2 aromatic carbocycles. The molecule has 37 heavy (non-hydrogen) atoms. The summed E-state index contributed by atoms with van der Waals surface area (Å²) in [6, 6.07) is 16.6. The number of aliphatic carboxylic acids is 1. The van der Waals surface area contributed by atoms with Crippen LogP contribution in [0, 0.1) is 5.92 Å². The predicted octanol–water partition coefficient (Wildman–Crippen LogP) is 3.73. The summed E-state index contributed by atoms with van der Waals surface area (Å²) in [4.78, 5) is 21.5. The number of nitrogens with zero attached hydrogens (tertiary/aromatic N) is 1. The summed E-state index contributed by atoms with van der Waals surface area (Å²) >= 11 is 1.08. The molecule has 1 heterocycles. The van der Waals surface area contributed by atoms with E-state index in [0.717, 1.165) is 34.4 Å². The first-order valence-corrected chi connectivity index (χ1v) is 12.9. The number of carboxylic acids is 1. The standard InChI is InChI=1S/C21H20N4O3S2.C2HF3O2/c22-24-12-13-2-1-3-15(10-13)18-11-19(18)20(26)25-16-6-4-14(5-7-16)17-8-9-29-21(17)30(23,27)28;3-2(4,5)1(6)7/h1-10,12,18-19H,11,22H2,(H,25,26)(H2,23,27,28);(H,6,7)/t18-,19-;/m1./s1. The van der Waals surface area contributed by atoms with Gasteiger partial charge in [0.25, 0.3) is 0 Å². The van der Waals surface area contributed by atoms with E-state index >= 15 is 0 Å². The molecule has 14 heteroatoms. The highest BCUT2D eigenvalue weighted by atomic mass is 32.2. The van der Waals surface area contributed by atoms with Crippen molar-refractivity contribution in [3.8, 4) is 11.1 Å². The van der Waals surface area contributed by atoms with Crippen molar-refractivity contribution in [3.63, 3.8) is 0 Å². The molecular formula is C23H21F3N4O5S2. The van der Waals surface area contributed by atoms with Gasteiger partial charge in [0.1, 0.15) is 4.21 Å². The number of benzene rings is 2. The van der Waals surface area contributed by atoms with Crippen molar-refractivity contribution in [1.29, 1.82) is 0 Å². The van der Waals surface area contributed by atoms with Crippen molar-refractivity contribution < 1.29 is 36.3 Å². The molecule has 0 unspecified atom stereocenters. The van der Waals surface area contributed by atoms with E-state index in [2.05, 4.69) is 10.4 Å². The molecule has 9 nitrogen and oxygen atoms in total. The summed E-state index contributed by atoms with van der Waals surface area (Å²) < 4.78 is 55.3. The lowest BCUT2D eigenvalue weighted by Crippen LogP contribution is -2.21. The van der Waals surface area contributed by atoms with Gasteiger partial charge in [-0.1, -0.05) is 30.3 Å². The molecule has 0 radical (unpaired) electrons. The molecule has 0 saturated heterocycles. The smallest absolute Gasteiger partial charge is 0.475 e. The lowest BCUT2D eigenvalue weighted by atomic mass is 10.1. The van der Waals surface area contributed by atoms with Crippen molar-refractivity contribution in [3.05, 3.63) is 71.1 Å². The maximum atomic E-state index is 12.6. The second-order valence-electron chi connectivity index (χ2n) is 7.93. The Kier molecular flexibility index (Phi) is 8.35. The molecule has 4 rings (SSSR count). The van der Waals surface area contributed by atoms with E-state index in [1.165, 1.54) is 0 Å². The zero-order valence-corrected chi connectivity index (χ0v) is 20.5.